The maximum atomic E-state index is 13.1. The second kappa shape index (κ2) is 10.4. The van der Waals surface area contributed by atoms with Crippen LogP contribution >= 0.6 is 0 Å². The Labute approximate surface area is 209 Å². The first-order valence-electron chi connectivity index (χ1n) is 11.1. The fourth-order valence-electron chi connectivity index (χ4n) is 3.83. The number of ketones is 2. The van der Waals surface area contributed by atoms with Crippen molar-refractivity contribution in [3.63, 3.8) is 0 Å². The smallest absolute Gasteiger partial charge is 0.231 e. The molecule has 0 unspecified atom stereocenters. The largest absolute Gasteiger partial charge is 0.497 e. The summed E-state index contributed by atoms with van der Waals surface area (Å²) in [5.41, 5.74) is 2.12. The lowest BCUT2D eigenvalue weighted by Crippen LogP contribution is -2.12. The van der Waals surface area contributed by atoms with Gasteiger partial charge in [-0.15, -0.1) is 0 Å². The van der Waals surface area contributed by atoms with Gasteiger partial charge in [-0.1, -0.05) is 0 Å². The fourth-order valence-corrected chi connectivity index (χ4v) is 3.83. The SMILES string of the molecule is COc1ccc(C(=O)COc2ccc3c(c2C)O/C(=C\c2cc(OC)c(OC)cc2OC)C3=O)cc1. The first-order chi connectivity index (χ1) is 17.4. The van der Waals surface area contributed by atoms with Crippen molar-refractivity contribution in [1.29, 1.82) is 0 Å². The van der Waals surface area contributed by atoms with Crippen molar-refractivity contribution in [2.45, 2.75) is 6.92 Å². The summed E-state index contributed by atoms with van der Waals surface area (Å²) < 4.78 is 33.0. The van der Waals surface area contributed by atoms with E-state index in [2.05, 4.69) is 0 Å². The molecule has 3 aromatic rings. The van der Waals surface area contributed by atoms with Gasteiger partial charge in [0.15, 0.2) is 29.6 Å². The van der Waals surface area contributed by atoms with E-state index in [4.69, 9.17) is 28.4 Å². The van der Waals surface area contributed by atoms with Crippen LogP contribution in [-0.2, 0) is 0 Å². The van der Waals surface area contributed by atoms with Crippen LogP contribution in [0.1, 0.15) is 31.8 Å². The first kappa shape index (κ1) is 24.7. The lowest BCUT2D eigenvalue weighted by Gasteiger charge is -2.12. The Balaban J connectivity index is 1.56. The Morgan fingerprint density at radius 1 is 0.833 bits per heavy atom. The topological polar surface area (TPSA) is 89.5 Å². The number of fused-ring (bicyclic) bond motifs is 1. The second-order valence-electron chi connectivity index (χ2n) is 7.89. The van der Waals surface area contributed by atoms with Gasteiger partial charge in [-0.2, -0.15) is 0 Å². The van der Waals surface area contributed by atoms with Crippen LogP contribution in [0, 0.1) is 6.92 Å². The maximum Gasteiger partial charge on any atom is 0.231 e. The van der Waals surface area contributed by atoms with Crippen molar-refractivity contribution in [2.75, 3.05) is 35.0 Å². The van der Waals surface area contributed by atoms with Gasteiger partial charge in [0.1, 0.15) is 23.0 Å². The number of rotatable bonds is 9. The van der Waals surface area contributed by atoms with Crippen LogP contribution in [0.4, 0.5) is 0 Å². The molecule has 8 heteroatoms. The molecular weight excluding hydrogens is 464 g/mol. The third-order valence-corrected chi connectivity index (χ3v) is 5.83. The number of ether oxygens (including phenoxy) is 6. The van der Waals surface area contributed by atoms with Gasteiger partial charge in [-0.05, 0) is 55.5 Å². The lowest BCUT2D eigenvalue weighted by molar-refractivity contribution is 0.0920. The van der Waals surface area contributed by atoms with Crippen LogP contribution in [0.5, 0.6) is 34.5 Å². The predicted molar refractivity (Wildman–Crippen MR) is 133 cm³/mol. The molecule has 0 aromatic heterocycles. The van der Waals surface area contributed by atoms with E-state index in [1.54, 1.807) is 68.6 Å². The van der Waals surface area contributed by atoms with Crippen LogP contribution < -0.4 is 28.4 Å². The minimum absolute atomic E-state index is 0.130. The van der Waals surface area contributed by atoms with Crippen molar-refractivity contribution < 1.29 is 38.0 Å². The van der Waals surface area contributed by atoms with E-state index in [1.807, 2.05) is 0 Å². The van der Waals surface area contributed by atoms with Gasteiger partial charge in [-0.3, -0.25) is 9.59 Å². The molecule has 36 heavy (non-hydrogen) atoms. The fraction of sp³-hybridized carbons (Fsp3) is 0.214. The van der Waals surface area contributed by atoms with Crippen LogP contribution in [0.3, 0.4) is 0 Å². The Morgan fingerprint density at radius 3 is 2.14 bits per heavy atom. The molecule has 0 spiro atoms. The average Bonchev–Trinajstić information content (AvgIpc) is 3.23. The minimum Gasteiger partial charge on any atom is -0.497 e. The average molecular weight is 491 g/mol. The molecule has 0 amide bonds. The third-order valence-electron chi connectivity index (χ3n) is 5.83. The van der Waals surface area contributed by atoms with Crippen molar-refractivity contribution in [2.24, 2.45) is 0 Å². The van der Waals surface area contributed by atoms with Gasteiger partial charge >= 0.3 is 0 Å². The highest BCUT2D eigenvalue weighted by Gasteiger charge is 2.31. The molecule has 8 nitrogen and oxygen atoms in total. The van der Waals surface area contributed by atoms with Gasteiger partial charge in [0.05, 0.1) is 34.0 Å². The number of carbonyl (C=O) groups excluding carboxylic acids is 2. The quantitative estimate of drug-likeness (QED) is 0.309. The molecule has 0 N–H and O–H groups in total. The molecule has 1 aliphatic rings. The van der Waals surface area contributed by atoms with Crippen molar-refractivity contribution in [3.05, 3.63) is 76.5 Å². The zero-order valence-corrected chi connectivity index (χ0v) is 20.7. The summed E-state index contributed by atoms with van der Waals surface area (Å²) in [6, 6.07) is 13.5. The van der Waals surface area contributed by atoms with E-state index in [9.17, 15) is 9.59 Å². The highest BCUT2D eigenvalue weighted by molar-refractivity contribution is 6.15. The summed E-state index contributed by atoms with van der Waals surface area (Å²) in [5, 5.41) is 0. The van der Waals surface area contributed by atoms with Gasteiger partial charge < -0.3 is 28.4 Å². The number of benzene rings is 3. The molecule has 4 rings (SSSR count). The summed E-state index contributed by atoms with van der Waals surface area (Å²) >= 11 is 0. The van der Waals surface area contributed by atoms with E-state index >= 15 is 0 Å². The molecule has 1 heterocycles. The maximum absolute atomic E-state index is 13.1. The normalized spacial score (nSPS) is 13.1. The monoisotopic (exact) mass is 490 g/mol. The van der Waals surface area contributed by atoms with E-state index in [1.165, 1.54) is 21.3 Å². The van der Waals surface area contributed by atoms with Crippen molar-refractivity contribution in [1.82, 2.24) is 0 Å². The molecule has 0 saturated heterocycles. The number of methoxy groups -OCH3 is 4. The van der Waals surface area contributed by atoms with Gasteiger partial charge in [0.2, 0.25) is 5.78 Å². The summed E-state index contributed by atoms with van der Waals surface area (Å²) in [6.45, 7) is 1.62. The molecule has 3 aromatic carbocycles. The number of carbonyl (C=O) groups is 2. The molecule has 186 valence electrons. The van der Waals surface area contributed by atoms with Crippen LogP contribution in [0.15, 0.2) is 54.3 Å². The molecule has 0 fully saturated rings. The van der Waals surface area contributed by atoms with E-state index < -0.39 is 0 Å². The van der Waals surface area contributed by atoms with Crippen LogP contribution in [0.2, 0.25) is 0 Å². The van der Waals surface area contributed by atoms with Crippen molar-refractivity contribution >= 4 is 17.6 Å². The molecule has 0 aliphatic carbocycles. The summed E-state index contributed by atoms with van der Waals surface area (Å²) in [6.07, 6.45) is 1.59. The Morgan fingerprint density at radius 2 is 1.50 bits per heavy atom. The van der Waals surface area contributed by atoms with Crippen LogP contribution in [0.25, 0.3) is 6.08 Å². The van der Waals surface area contributed by atoms with Gasteiger partial charge in [-0.25, -0.2) is 0 Å². The highest BCUT2D eigenvalue weighted by Crippen LogP contribution is 2.41. The summed E-state index contributed by atoms with van der Waals surface area (Å²) in [7, 11) is 6.14. The molecule has 0 atom stereocenters. The summed E-state index contributed by atoms with van der Waals surface area (Å²) in [4.78, 5) is 25.6. The van der Waals surface area contributed by atoms with Crippen LogP contribution in [-0.4, -0.2) is 46.6 Å². The molecule has 1 aliphatic heterocycles. The zero-order chi connectivity index (χ0) is 25.8. The molecule has 0 radical (unpaired) electrons. The third kappa shape index (κ3) is 4.70. The number of Topliss-reactive ketones (excluding diaryl/α,β-unsaturated/α-hetero) is 2. The Hall–Kier alpha value is -4.46. The first-order valence-corrected chi connectivity index (χ1v) is 11.1. The number of hydrogen-bond donors (Lipinski definition) is 0. The zero-order valence-electron chi connectivity index (χ0n) is 20.7. The highest BCUT2D eigenvalue weighted by atomic mass is 16.5. The molecule has 0 bridgehead atoms. The second-order valence-corrected chi connectivity index (χ2v) is 7.89. The van der Waals surface area contributed by atoms with Crippen molar-refractivity contribution in [3.8, 4) is 34.5 Å². The van der Waals surface area contributed by atoms with E-state index in [0.717, 1.165) is 0 Å². The minimum atomic E-state index is -0.272. The number of allylic oxidation sites excluding steroid dienone is 1. The number of hydrogen-bond acceptors (Lipinski definition) is 8. The van der Waals surface area contributed by atoms with Gasteiger partial charge in [0, 0.05) is 22.8 Å². The molecule has 0 saturated carbocycles. The Kier molecular flexibility index (Phi) is 7.15. The molecular formula is C28H26O8. The Bertz CT molecular complexity index is 1340. The predicted octanol–water partition coefficient (Wildman–Crippen LogP) is 4.91. The van der Waals surface area contributed by atoms with E-state index in [-0.39, 0.29) is 23.9 Å². The van der Waals surface area contributed by atoms with Gasteiger partial charge in [0.25, 0.3) is 0 Å². The van der Waals surface area contributed by atoms with E-state index in [0.29, 0.717) is 56.8 Å². The lowest BCUT2D eigenvalue weighted by atomic mass is 10.1. The summed E-state index contributed by atoms with van der Waals surface area (Å²) in [5.74, 6) is 2.66. The standard InChI is InChI=1S/C28H26O8/c1-16-22(35-15-21(29)17-6-8-19(31-2)9-7-17)11-10-20-27(30)26(36-28(16)20)13-18-12-24(33-4)25(34-5)14-23(18)32-3/h6-14H,15H2,1-5H3/b26-13-.